The van der Waals surface area contributed by atoms with Gasteiger partial charge in [0.05, 0.1) is 17.4 Å². The van der Waals surface area contributed by atoms with Gasteiger partial charge in [0, 0.05) is 24.4 Å². The van der Waals surface area contributed by atoms with Crippen LogP contribution in [-0.2, 0) is 12.0 Å². The molecule has 0 aromatic carbocycles. The molecular formula is C20H25N5. The third kappa shape index (κ3) is 3.04. The molecule has 0 atom stereocenters. The molecule has 0 spiro atoms. The van der Waals surface area contributed by atoms with Crippen molar-refractivity contribution in [3.63, 3.8) is 0 Å². The van der Waals surface area contributed by atoms with Gasteiger partial charge in [-0.1, -0.05) is 13.0 Å². The molecule has 5 nitrogen and oxygen atoms in total. The number of pyridine rings is 1. The number of aromatic nitrogens is 4. The highest BCUT2D eigenvalue weighted by Crippen LogP contribution is 2.35. The molecule has 1 fully saturated rings. The van der Waals surface area contributed by atoms with Crippen LogP contribution in [0.2, 0.25) is 0 Å². The van der Waals surface area contributed by atoms with E-state index in [0.717, 1.165) is 49.6 Å². The molecule has 3 aromatic heterocycles. The van der Waals surface area contributed by atoms with Crippen LogP contribution >= 0.6 is 0 Å². The third-order valence-electron chi connectivity index (χ3n) is 5.56. The number of likely N-dealkylation sites (tertiary alicyclic amines) is 1. The number of piperidine rings is 1. The fourth-order valence-corrected chi connectivity index (χ4v) is 3.90. The first-order valence-corrected chi connectivity index (χ1v) is 8.99. The smallest absolute Gasteiger partial charge is 0.111 e. The Morgan fingerprint density at radius 3 is 2.64 bits per heavy atom. The second-order valence-electron chi connectivity index (χ2n) is 7.45. The summed E-state index contributed by atoms with van der Waals surface area (Å²) in [4.78, 5) is 16.1. The summed E-state index contributed by atoms with van der Waals surface area (Å²) in [5.41, 5.74) is 3.78. The highest BCUT2D eigenvalue weighted by molar-refractivity contribution is 5.49. The maximum Gasteiger partial charge on any atom is 0.111 e. The van der Waals surface area contributed by atoms with Crippen LogP contribution in [-0.4, -0.2) is 37.3 Å². The van der Waals surface area contributed by atoms with E-state index in [-0.39, 0.29) is 5.41 Å². The highest BCUT2D eigenvalue weighted by Gasteiger charge is 2.33. The molecule has 0 aliphatic carbocycles. The standard InChI is InChI=1S/C20H25N5/c1-15-22-13-18-11-19(23-16(2)25(15)18)20(3)6-9-24(10-7-20)14-17-5-4-8-21-12-17/h4-5,8,11-13H,6-7,9-10,14H2,1-3H3. The highest BCUT2D eigenvalue weighted by atomic mass is 15.1. The summed E-state index contributed by atoms with van der Waals surface area (Å²) in [6, 6.07) is 6.39. The second kappa shape index (κ2) is 6.23. The number of aryl methyl sites for hydroxylation is 2. The van der Waals surface area contributed by atoms with Crippen molar-refractivity contribution in [2.24, 2.45) is 0 Å². The van der Waals surface area contributed by atoms with Crippen molar-refractivity contribution >= 4 is 5.52 Å². The number of hydrogen-bond acceptors (Lipinski definition) is 4. The van der Waals surface area contributed by atoms with Gasteiger partial charge in [0.2, 0.25) is 0 Å². The number of rotatable bonds is 3. The second-order valence-corrected chi connectivity index (χ2v) is 7.45. The van der Waals surface area contributed by atoms with Crippen molar-refractivity contribution < 1.29 is 0 Å². The maximum atomic E-state index is 4.93. The van der Waals surface area contributed by atoms with E-state index < -0.39 is 0 Å². The Kier molecular flexibility index (Phi) is 4.04. The van der Waals surface area contributed by atoms with Gasteiger partial charge in [-0.15, -0.1) is 0 Å². The van der Waals surface area contributed by atoms with Gasteiger partial charge in [-0.3, -0.25) is 14.3 Å². The van der Waals surface area contributed by atoms with Crippen LogP contribution in [0, 0.1) is 13.8 Å². The first kappa shape index (κ1) is 16.2. The number of hydrogen-bond donors (Lipinski definition) is 0. The lowest BCUT2D eigenvalue weighted by molar-refractivity contribution is 0.159. The molecular weight excluding hydrogens is 310 g/mol. The van der Waals surface area contributed by atoms with E-state index in [0.29, 0.717) is 0 Å². The minimum absolute atomic E-state index is 0.135. The largest absolute Gasteiger partial charge is 0.299 e. The van der Waals surface area contributed by atoms with Crippen molar-refractivity contribution in [2.75, 3.05) is 13.1 Å². The molecule has 1 saturated heterocycles. The predicted molar refractivity (Wildman–Crippen MR) is 98.6 cm³/mol. The molecule has 4 heterocycles. The van der Waals surface area contributed by atoms with E-state index in [2.05, 4.69) is 45.2 Å². The van der Waals surface area contributed by atoms with Crippen LogP contribution in [0.4, 0.5) is 0 Å². The summed E-state index contributed by atoms with van der Waals surface area (Å²) in [7, 11) is 0. The molecule has 0 amide bonds. The van der Waals surface area contributed by atoms with Crippen molar-refractivity contribution in [1.29, 1.82) is 0 Å². The fraction of sp³-hybridized carbons (Fsp3) is 0.450. The van der Waals surface area contributed by atoms with Crippen molar-refractivity contribution in [2.45, 2.75) is 45.6 Å². The summed E-state index contributed by atoms with van der Waals surface area (Å²) in [6.45, 7) is 9.63. The van der Waals surface area contributed by atoms with Crippen LogP contribution in [0.5, 0.6) is 0 Å². The predicted octanol–water partition coefficient (Wildman–Crippen LogP) is 3.29. The van der Waals surface area contributed by atoms with E-state index in [1.54, 1.807) is 0 Å². The Hall–Kier alpha value is -2.27. The van der Waals surface area contributed by atoms with Gasteiger partial charge < -0.3 is 0 Å². The van der Waals surface area contributed by atoms with Crippen LogP contribution in [0.1, 0.15) is 42.7 Å². The van der Waals surface area contributed by atoms with Crippen molar-refractivity contribution in [3.8, 4) is 0 Å². The molecule has 3 aromatic rings. The van der Waals surface area contributed by atoms with Crippen molar-refractivity contribution in [1.82, 2.24) is 24.3 Å². The monoisotopic (exact) mass is 335 g/mol. The lowest BCUT2D eigenvalue weighted by Crippen LogP contribution is -2.41. The molecule has 0 saturated carbocycles. The van der Waals surface area contributed by atoms with Gasteiger partial charge in [-0.25, -0.2) is 9.97 Å². The first-order valence-electron chi connectivity index (χ1n) is 8.99. The van der Waals surface area contributed by atoms with Crippen LogP contribution < -0.4 is 0 Å². The Morgan fingerprint density at radius 1 is 1.12 bits per heavy atom. The minimum atomic E-state index is 0.135. The van der Waals surface area contributed by atoms with E-state index >= 15 is 0 Å². The molecule has 25 heavy (non-hydrogen) atoms. The number of imidazole rings is 1. The lowest BCUT2D eigenvalue weighted by atomic mass is 9.77. The summed E-state index contributed by atoms with van der Waals surface area (Å²) < 4.78 is 2.13. The van der Waals surface area contributed by atoms with Crippen LogP contribution in [0.3, 0.4) is 0 Å². The quantitative estimate of drug-likeness (QED) is 0.737. The van der Waals surface area contributed by atoms with Gasteiger partial charge in [0.15, 0.2) is 0 Å². The van der Waals surface area contributed by atoms with Crippen LogP contribution in [0.25, 0.3) is 5.52 Å². The van der Waals surface area contributed by atoms with E-state index in [9.17, 15) is 0 Å². The Labute approximate surface area is 148 Å². The summed E-state index contributed by atoms with van der Waals surface area (Å²) in [6.07, 6.45) is 8.01. The molecule has 5 heteroatoms. The zero-order valence-corrected chi connectivity index (χ0v) is 15.2. The zero-order valence-electron chi connectivity index (χ0n) is 15.2. The zero-order chi connectivity index (χ0) is 17.4. The van der Waals surface area contributed by atoms with Crippen molar-refractivity contribution in [3.05, 3.63) is 59.7 Å². The van der Waals surface area contributed by atoms with Gasteiger partial charge in [-0.05, 0) is 57.5 Å². The van der Waals surface area contributed by atoms with E-state index in [1.165, 1.54) is 11.3 Å². The van der Waals surface area contributed by atoms with Gasteiger partial charge in [-0.2, -0.15) is 0 Å². The van der Waals surface area contributed by atoms with E-state index in [1.807, 2.05) is 31.6 Å². The Balaban J connectivity index is 1.52. The Bertz CT molecular complexity index is 876. The van der Waals surface area contributed by atoms with Crippen LogP contribution in [0.15, 0.2) is 36.8 Å². The molecule has 0 bridgehead atoms. The Morgan fingerprint density at radius 2 is 1.92 bits per heavy atom. The lowest BCUT2D eigenvalue weighted by Gasteiger charge is -2.39. The normalized spacial score (nSPS) is 17.9. The maximum absolute atomic E-state index is 4.93. The summed E-state index contributed by atoms with van der Waals surface area (Å²) >= 11 is 0. The minimum Gasteiger partial charge on any atom is -0.299 e. The molecule has 4 rings (SSSR count). The molecule has 1 aliphatic rings. The van der Waals surface area contributed by atoms with E-state index in [4.69, 9.17) is 4.98 Å². The third-order valence-corrected chi connectivity index (χ3v) is 5.56. The van der Waals surface area contributed by atoms with Gasteiger partial charge in [0.25, 0.3) is 0 Å². The fourth-order valence-electron chi connectivity index (χ4n) is 3.90. The molecule has 1 aliphatic heterocycles. The molecule has 0 unspecified atom stereocenters. The number of nitrogens with zero attached hydrogens (tertiary/aromatic N) is 5. The molecule has 0 radical (unpaired) electrons. The average Bonchev–Trinajstić information content (AvgIpc) is 3.00. The summed E-state index contributed by atoms with van der Waals surface area (Å²) in [5, 5.41) is 0. The SMILES string of the molecule is Cc1ncc2cc(C3(C)CCN(Cc4cccnc4)CC3)nc(C)n12. The van der Waals surface area contributed by atoms with Gasteiger partial charge in [0.1, 0.15) is 11.6 Å². The van der Waals surface area contributed by atoms with Gasteiger partial charge >= 0.3 is 0 Å². The molecule has 130 valence electrons. The topological polar surface area (TPSA) is 46.3 Å². The summed E-state index contributed by atoms with van der Waals surface area (Å²) in [5.74, 6) is 2.03. The first-order chi connectivity index (χ1) is 12.0. The number of fused-ring (bicyclic) bond motifs is 1. The average molecular weight is 335 g/mol. The molecule has 0 N–H and O–H groups in total.